The summed E-state index contributed by atoms with van der Waals surface area (Å²) in [5, 5.41) is 9.13. The Kier molecular flexibility index (Phi) is 10.4. The second-order valence-corrected chi connectivity index (χ2v) is 17.2. The van der Waals surface area contributed by atoms with Crippen molar-refractivity contribution in [3.8, 4) is 0 Å². The van der Waals surface area contributed by atoms with Gasteiger partial charge in [-0.2, -0.15) is 11.8 Å². The monoisotopic (exact) mass is 671 g/mol. The fraction of sp³-hybridized carbons (Fsp3) is 0.743. The SMILES string of the molecule is CC1(C)CC2C1CN(C(=O)[C@@H](NC(=O)NC1(CSCc3ccco3)CCCCC1)C(C)(C)C)[C@@H]2C(=O)NC(CC1CC1)C(=O)C(N)=O. The van der Waals surface area contributed by atoms with Crippen molar-refractivity contribution in [2.24, 2.45) is 34.3 Å². The van der Waals surface area contributed by atoms with Gasteiger partial charge < -0.3 is 31.0 Å². The van der Waals surface area contributed by atoms with E-state index in [-0.39, 0.29) is 35.1 Å². The minimum Gasteiger partial charge on any atom is -0.468 e. The van der Waals surface area contributed by atoms with E-state index in [4.69, 9.17) is 10.2 Å². The minimum atomic E-state index is -1.07. The molecule has 5 atom stereocenters. The molecule has 3 saturated carbocycles. The summed E-state index contributed by atoms with van der Waals surface area (Å²) in [6.07, 6.45) is 9.54. The highest BCUT2D eigenvalue weighted by Crippen LogP contribution is 2.57. The number of thioether (sulfide) groups is 1. The third-order valence-corrected chi connectivity index (χ3v) is 12.1. The average Bonchev–Trinajstić information content (AvgIpc) is 3.53. The quantitative estimate of drug-likeness (QED) is 0.229. The lowest BCUT2D eigenvalue weighted by atomic mass is 9.55. The fourth-order valence-corrected chi connectivity index (χ4v) is 9.22. The van der Waals surface area contributed by atoms with E-state index in [2.05, 4.69) is 29.8 Å². The molecule has 1 aromatic rings. The average molecular weight is 672 g/mol. The Balaban J connectivity index is 1.31. The second-order valence-electron chi connectivity index (χ2n) is 16.2. The third-order valence-electron chi connectivity index (χ3n) is 10.9. The lowest BCUT2D eigenvalue weighted by molar-refractivity contribution is -0.144. The first kappa shape index (κ1) is 35.3. The number of fused-ring (bicyclic) bond motifs is 1. The molecule has 5 N–H and O–H groups in total. The van der Waals surface area contributed by atoms with Crippen LogP contribution in [0.15, 0.2) is 22.8 Å². The number of hydrogen-bond donors (Lipinski definition) is 4. The van der Waals surface area contributed by atoms with Crippen molar-refractivity contribution in [3.05, 3.63) is 24.2 Å². The van der Waals surface area contributed by atoms with Crippen molar-refractivity contribution in [1.29, 1.82) is 0 Å². The van der Waals surface area contributed by atoms with E-state index in [1.165, 1.54) is 0 Å². The van der Waals surface area contributed by atoms with Gasteiger partial charge in [0.05, 0.1) is 23.6 Å². The molecule has 12 heteroatoms. The Morgan fingerprint density at radius 1 is 1.09 bits per heavy atom. The zero-order chi connectivity index (χ0) is 34.1. The summed E-state index contributed by atoms with van der Waals surface area (Å²) in [6, 6.07) is 0.720. The molecule has 3 unspecified atom stereocenters. The Morgan fingerprint density at radius 3 is 2.36 bits per heavy atom. The molecule has 0 bridgehead atoms. The maximum absolute atomic E-state index is 14.5. The number of furan rings is 1. The molecule has 5 rings (SSSR count). The molecule has 11 nitrogen and oxygen atoms in total. The number of Topliss-reactive ketones (excluding diaryl/α,β-unsaturated/α-hetero) is 1. The summed E-state index contributed by atoms with van der Waals surface area (Å²) in [6.45, 7) is 10.4. The second kappa shape index (κ2) is 13.8. The van der Waals surface area contributed by atoms with Crippen LogP contribution in [0, 0.1) is 28.6 Å². The van der Waals surface area contributed by atoms with Crippen LogP contribution in [-0.2, 0) is 24.9 Å². The molecule has 1 saturated heterocycles. The lowest BCUT2D eigenvalue weighted by Gasteiger charge is -2.48. The number of nitrogens with zero attached hydrogens (tertiary/aromatic N) is 1. The smallest absolute Gasteiger partial charge is 0.315 e. The van der Waals surface area contributed by atoms with Gasteiger partial charge in [0.2, 0.25) is 17.6 Å². The van der Waals surface area contributed by atoms with Crippen molar-refractivity contribution < 1.29 is 28.4 Å². The van der Waals surface area contributed by atoms with Crippen LogP contribution in [0.3, 0.4) is 0 Å². The van der Waals surface area contributed by atoms with Crippen LogP contribution in [0.5, 0.6) is 0 Å². The molecule has 0 radical (unpaired) electrons. The van der Waals surface area contributed by atoms with Crippen LogP contribution < -0.4 is 21.7 Å². The highest BCUT2D eigenvalue weighted by atomic mass is 32.2. The Labute approximate surface area is 282 Å². The summed E-state index contributed by atoms with van der Waals surface area (Å²) in [5.74, 6) is -0.0117. The summed E-state index contributed by atoms with van der Waals surface area (Å²) in [7, 11) is 0. The molecule has 4 aliphatic rings. The van der Waals surface area contributed by atoms with E-state index in [1.807, 2.05) is 32.9 Å². The normalized spacial score (nSPS) is 25.9. The zero-order valence-corrected chi connectivity index (χ0v) is 29.4. The van der Waals surface area contributed by atoms with Gasteiger partial charge in [-0.25, -0.2) is 4.79 Å². The maximum Gasteiger partial charge on any atom is 0.315 e. The van der Waals surface area contributed by atoms with E-state index in [0.29, 0.717) is 18.7 Å². The predicted octanol–water partition coefficient (Wildman–Crippen LogP) is 4.14. The topological polar surface area (TPSA) is 164 Å². The van der Waals surface area contributed by atoms with Crippen molar-refractivity contribution in [1.82, 2.24) is 20.9 Å². The molecule has 0 spiro atoms. The molecular weight excluding hydrogens is 618 g/mol. The number of hydrogen-bond acceptors (Lipinski definition) is 7. The van der Waals surface area contributed by atoms with Crippen molar-refractivity contribution in [2.45, 2.75) is 122 Å². The fourth-order valence-electron chi connectivity index (χ4n) is 8.00. The zero-order valence-electron chi connectivity index (χ0n) is 28.6. The summed E-state index contributed by atoms with van der Waals surface area (Å²) in [4.78, 5) is 68.3. The number of ketones is 1. The highest BCUT2D eigenvalue weighted by molar-refractivity contribution is 7.98. The molecule has 47 heavy (non-hydrogen) atoms. The molecule has 4 fully saturated rings. The molecule has 5 amide bonds. The molecule has 0 aromatic carbocycles. The van der Waals surface area contributed by atoms with Crippen LogP contribution in [0.4, 0.5) is 4.79 Å². The maximum atomic E-state index is 14.5. The van der Waals surface area contributed by atoms with E-state index in [9.17, 15) is 24.0 Å². The number of amides is 5. The third kappa shape index (κ3) is 8.17. The number of urea groups is 1. The van der Waals surface area contributed by atoms with E-state index < -0.39 is 46.7 Å². The number of likely N-dealkylation sites (tertiary alicyclic amines) is 1. The van der Waals surface area contributed by atoms with Crippen LogP contribution in [0.25, 0.3) is 0 Å². The van der Waals surface area contributed by atoms with E-state index in [0.717, 1.165) is 62.9 Å². The van der Waals surface area contributed by atoms with Crippen LogP contribution >= 0.6 is 11.8 Å². The Hall–Kier alpha value is -3.02. The summed E-state index contributed by atoms with van der Waals surface area (Å²) >= 11 is 1.73. The van der Waals surface area contributed by atoms with Gasteiger partial charge in [-0.05, 0) is 66.4 Å². The van der Waals surface area contributed by atoms with E-state index >= 15 is 0 Å². The molecule has 3 aliphatic carbocycles. The predicted molar refractivity (Wildman–Crippen MR) is 180 cm³/mol. The molecular formula is C35H53N5O6S. The van der Waals surface area contributed by atoms with Gasteiger partial charge >= 0.3 is 6.03 Å². The van der Waals surface area contributed by atoms with E-state index in [1.54, 1.807) is 22.9 Å². The van der Waals surface area contributed by atoms with Crippen LogP contribution in [0.1, 0.15) is 98.2 Å². The van der Waals surface area contributed by atoms with Gasteiger partial charge in [-0.15, -0.1) is 0 Å². The Bertz CT molecular complexity index is 1330. The molecule has 2 heterocycles. The minimum absolute atomic E-state index is 0.0581. The summed E-state index contributed by atoms with van der Waals surface area (Å²) < 4.78 is 5.49. The van der Waals surface area contributed by atoms with Crippen LogP contribution in [-0.4, -0.2) is 70.4 Å². The molecule has 1 aromatic heterocycles. The van der Waals surface area contributed by atoms with Gasteiger partial charge in [0.15, 0.2) is 0 Å². The number of carbonyl (C=O) groups excluding carboxylic acids is 5. The largest absolute Gasteiger partial charge is 0.468 e. The number of nitrogens with two attached hydrogens (primary N) is 1. The van der Waals surface area contributed by atoms with Crippen molar-refractivity contribution >= 4 is 41.3 Å². The number of rotatable bonds is 13. The first-order valence-corrected chi connectivity index (χ1v) is 18.4. The first-order chi connectivity index (χ1) is 22.1. The van der Waals surface area contributed by atoms with Gasteiger partial charge in [0.1, 0.15) is 17.8 Å². The standard InChI is InChI=1S/C35H53N5O6S/c1-33(2,3)28(38-32(45)39-35(13-7-6-8-14-35)20-47-19-22-10-9-15-46-22)31(44)40-18-24-23(17-34(24,4)5)26(40)30(43)37-25(16-21-11-12-21)27(41)29(36)42/h9-10,15,21,23-26,28H,6-8,11-14,16-20H2,1-5H3,(H2,36,42)(H,37,43)(H2,38,39,45)/t23?,24?,25?,26-,28+/m0/s1. The number of nitrogens with one attached hydrogen (secondary N) is 3. The molecule has 260 valence electrons. The van der Waals surface area contributed by atoms with Gasteiger partial charge in [0, 0.05) is 12.3 Å². The van der Waals surface area contributed by atoms with Gasteiger partial charge in [0.25, 0.3) is 5.91 Å². The lowest BCUT2D eigenvalue weighted by Crippen LogP contribution is -2.63. The Morgan fingerprint density at radius 2 is 1.79 bits per heavy atom. The summed E-state index contributed by atoms with van der Waals surface area (Å²) in [5.41, 5.74) is 4.23. The van der Waals surface area contributed by atoms with Crippen molar-refractivity contribution in [3.63, 3.8) is 0 Å². The van der Waals surface area contributed by atoms with Gasteiger partial charge in [-0.3, -0.25) is 19.2 Å². The van der Waals surface area contributed by atoms with Crippen molar-refractivity contribution in [2.75, 3.05) is 12.3 Å². The van der Waals surface area contributed by atoms with Gasteiger partial charge in [-0.1, -0.05) is 66.7 Å². The number of carbonyl (C=O) groups is 5. The first-order valence-electron chi connectivity index (χ1n) is 17.2. The number of primary amides is 1. The van der Waals surface area contributed by atoms with Crippen LogP contribution in [0.2, 0.25) is 0 Å². The highest BCUT2D eigenvalue weighted by Gasteiger charge is 2.61. The molecule has 1 aliphatic heterocycles.